The van der Waals surface area contributed by atoms with Gasteiger partial charge in [-0.15, -0.1) is 12.4 Å². The molecule has 132 valence electrons. The number of likely N-dealkylation sites (tertiary alicyclic amines) is 1. The van der Waals surface area contributed by atoms with Gasteiger partial charge in [0.05, 0.1) is 0 Å². The number of halogens is 1. The normalized spacial score (nSPS) is 26.0. The molecule has 1 heterocycles. The lowest BCUT2D eigenvalue weighted by Gasteiger charge is -2.27. The van der Waals surface area contributed by atoms with E-state index in [1.54, 1.807) is 17.0 Å². The first kappa shape index (κ1) is 18.7. The fourth-order valence-corrected chi connectivity index (χ4v) is 3.82. The molecule has 1 aromatic carbocycles. The Labute approximate surface area is 149 Å². The van der Waals surface area contributed by atoms with Crippen molar-refractivity contribution in [3.63, 3.8) is 0 Å². The highest BCUT2D eigenvalue weighted by Gasteiger charge is 2.36. The van der Waals surface area contributed by atoms with Crippen LogP contribution in [0.1, 0.15) is 42.5 Å². The van der Waals surface area contributed by atoms with E-state index in [4.69, 9.17) is 5.73 Å². The second-order valence-corrected chi connectivity index (χ2v) is 6.56. The second kappa shape index (κ2) is 8.49. The summed E-state index contributed by atoms with van der Waals surface area (Å²) < 4.78 is 0. The Morgan fingerprint density at radius 1 is 1.12 bits per heavy atom. The molecule has 2 aliphatic rings. The molecule has 0 spiro atoms. The maximum Gasteiger partial charge on any atom is 0.254 e. The lowest BCUT2D eigenvalue weighted by Crippen LogP contribution is -2.50. The third kappa shape index (κ3) is 3.90. The van der Waals surface area contributed by atoms with Crippen molar-refractivity contribution in [3.8, 4) is 0 Å². The van der Waals surface area contributed by atoms with Gasteiger partial charge in [0.25, 0.3) is 5.91 Å². The Bertz CT molecular complexity index is 567. The van der Waals surface area contributed by atoms with Gasteiger partial charge in [0.2, 0.25) is 5.91 Å². The summed E-state index contributed by atoms with van der Waals surface area (Å²) in [6.07, 6.45) is 4.81. The van der Waals surface area contributed by atoms with Crippen molar-refractivity contribution in [2.24, 2.45) is 11.7 Å². The zero-order valence-corrected chi connectivity index (χ0v) is 14.6. The Morgan fingerprint density at radius 3 is 2.58 bits per heavy atom. The summed E-state index contributed by atoms with van der Waals surface area (Å²) in [6, 6.07) is 9.01. The third-order valence-electron chi connectivity index (χ3n) is 5.13. The molecule has 1 saturated carbocycles. The third-order valence-corrected chi connectivity index (χ3v) is 5.13. The number of nitrogens with two attached hydrogens (primary N) is 1. The smallest absolute Gasteiger partial charge is 0.254 e. The van der Waals surface area contributed by atoms with E-state index in [0.29, 0.717) is 24.6 Å². The molecule has 1 aliphatic carbocycles. The van der Waals surface area contributed by atoms with Gasteiger partial charge in [-0.25, -0.2) is 0 Å². The van der Waals surface area contributed by atoms with Crippen molar-refractivity contribution in [3.05, 3.63) is 35.9 Å². The van der Waals surface area contributed by atoms with E-state index < -0.39 is 0 Å². The number of hydrogen-bond donors (Lipinski definition) is 2. The molecule has 3 unspecified atom stereocenters. The van der Waals surface area contributed by atoms with Crippen LogP contribution in [0.5, 0.6) is 0 Å². The van der Waals surface area contributed by atoms with Gasteiger partial charge in [0.1, 0.15) is 6.04 Å². The van der Waals surface area contributed by atoms with Gasteiger partial charge in [0.15, 0.2) is 0 Å². The van der Waals surface area contributed by atoms with Gasteiger partial charge >= 0.3 is 0 Å². The van der Waals surface area contributed by atoms with E-state index in [1.807, 2.05) is 18.2 Å². The SMILES string of the molecule is Cl.NCC1CCCC1NC(=O)C1CCCN1C(=O)c1ccccc1. The van der Waals surface area contributed by atoms with Crippen LogP contribution < -0.4 is 11.1 Å². The summed E-state index contributed by atoms with van der Waals surface area (Å²) in [5, 5.41) is 3.15. The fraction of sp³-hybridized carbons (Fsp3) is 0.556. The maximum atomic E-state index is 12.7. The highest BCUT2D eigenvalue weighted by Crippen LogP contribution is 2.26. The van der Waals surface area contributed by atoms with Crippen molar-refractivity contribution >= 4 is 24.2 Å². The number of nitrogens with one attached hydrogen (secondary N) is 1. The molecule has 2 fully saturated rings. The predicted octanol–water partition coefficient (Wildman–Crippen LogP) is 1.96. The molecule has 24 heavy (non-hydrogen) atoms. The number of carbonyl (C=O) groups is 2. The van der Waals surface area contributed by atoms with Crippen LogP contribution in [-0.2, 0) is 4.79 Å². The molecule has 0 aromatic heterocycles. The van der Waals surface area contributed by atoms with E-state index in [9.17, 15) is 9.59 Å². The van der Waals surface area contributed by atoms with Gasteiger partial charge in [-0.05, 0) is 50.3 Å². The average molecular weight is 352 g/mol. The van der Waals surface area contributed by atoms with E-state index in [1.165, 1.54) is 0 Å². The molecular weight excluding hydrogens is 326 g/mol. The lowest BCUT2D eigenvalue weighted by atomic mass is 10.0. The Morgan fingerprint density at radius 2 is 1.88 bits per heavy atom. The number of hydrogen-bond acceptors (Lipinski definition) is 3. The van der Waals surface area contributed by atoms with E-state index in [0.717, 1.165) is 32.1 Å². The Balaban J connectivity index is 0.00000208. The summed E-state index contributed by atoms with van der Waals surface area (Å²) in [7, 11) is 0. The van der Waals surface area contributed by atoms with Gasteiger partial charge < -0.3 is 16.0 Å². The minimum atomic E-state index is -0.346. The zero-order valence-electron chi connectivity index (χ0n) is 13.8. The summed E-state index contributed by atoms with van der Waals surface area (Å²) in [6.45, 7) is 1.26. The Hall–Kier alpha value is -1.59. The monoisotopic (exact) mass is 351 g/mol. The molecule has 5 nitrogen and oxygen atoms in total. The van der Waals surface area contributed by atoms with Crippen molar-refractivity contribution in [2.45, 2.75) is 44.2 Å². The van der Waals surface area contributed by atoms with Crippen LogP contribution in [0.4, 0.5) is 0 Å². The van der Waals surface area contributed by atoms with Crippen LogP contribution >= 0.6 is 12.4 Å². The summed E-state index contributed by atoms with van der Waals surface area (Å²) in [4.78, 5) is 27.0. The highest BCUT2D eigenvalue weighted by molar-refractivity contribution is 5.98. The average Bonchev–Trinajstić information content (AvgIpc) is 3.23. The highest BCUT2D eigenvalue weighted by atomic mass is 35.5. The number of benzene rings is 1. The molecule has 0 bridgehead atoms. The molecule has 2 amide bonds. The number of carbonyl (C=O) groups excluding carboxylic acids is 2. The Kier molecular flexibility index (Phi) is 6.63. The van der Waals surface area contributed by atoms with Gasteiger partial charge in [-0.3, -0.25) is 9.59 Å². The largest absolute Gasteiger partial charge is 0.351 e. The van der Waals surface area contributed by atoms with E-state index >= 15 is 0 Å². The molecule has 3 rings (SSSR count). The van der Waals surface area contributed by atoms with Crippen molar-refractivity contribution in [1.82, 2.24) is 10.2 Å². The number of nitrogens with zero attached hydrogens (tertiary/aromatic N) is 1. The van der Waals surface area contributed by atoms with Crippen LogP contribution in [0.15, 0.2) is 30.3 Å². The molecular formula is C18H26ClN3O2. The second-order valence-electron chi connectivity index (χ2n) is 6.56. The molecule has 1 aliphatic heterocycles. The quantitative estimate of drug-likeness (QED) is 0.870. The zero-order chi connectivity index (χ0) is 16.2. The fourth-order valence-electron chi connectivity index (χ4n) is 3.82. The standard InChI is InChI=1S/C18H25N3O2.ClH/c19-12-14-8-4-9-15(14)20-17(22)16-10-5-11-21(16)18(23)13-6-2-1-3-7-13;/h1-3,6-7,14-16H,4-5,8-12,19H2,(H,20,22);1H. The topological polar surface area (TPSA) is 75.4 Å². The van der Waals surface area contributed by atoms with Crippen molar-refractivity contribution in [1.29, 1.82) is 0 Å². The van der Waals surface area contributed by atoms with Crippen molar-refractivity contribution in [2.75, 3.05) is 13.1 Å². The maximum absolute atomic E-state index is 12.7. The van der Waals surface area contributed by atoms with Crippen LogP contribution in [-0.4, -0.2) is 41.9 Å². The molecule has 6 heteroatoms. The molecule has 3 atom stereocenters. The first-order valence-electron chi connectivity index (χ1n) is 8.57. The number of rotatable bonds is 4. The van der Waals surface area contributed by atoms with E-state index in [2.05, 4.69) is 5.32 Å². The molecule has 3 N–H and O–H groups in total. The summed E-state index contributed by atoms with van der Waals surface area (Å²) in [5.74, 6) is 0.306. The van der Waals surface area contributed by atoms with Crippen LogP contribution in [0.2, 0.25) is 0 Å². The first-order valence-corrected chi connectivity index (χ1v) is 8.57. The van der Waals surface area contributed by atoms with Crippen molar-refractivity contribution < 1.29 is 9.59 Å². The van der Waals surface area contributed by atoms with E-state index in [-0.39, 0.29) is 36.3 Å². The van der Waals surface area contributed by atoms with Gasteiger partial charge in [-0.1, -0.05) is 24.6 Å². The molecule has 1 saturated heterocycles. The van der Waals surface area contributed by atoms with Gasteiger partial charge in [0, 0.05) is 18.2 Å². The minimum Gasteiger partial charge on any atom is -0.351 e. The van der Waals surface area contributed by atoms with Crippen LogP contribution in [0.25, 0.3) is 0 Å². The molecule has 1 aromatic rings. The van der Waals surface area contributed by atoms with Gasteiger partial charge in [-0.2, -0.15) is 0 Å². The summed E-state index contributed by atoms with van der Waals surface area (Å²) >= 11 is 0. The predicted molar refractivity (Wildman–Crippen MR) is 96.1 cm³/mol. The molecule has 0 radical (unpaired) electrons. The van der Waals surface area contributed by atoms with Crippen LogP contribution in [0, 0.1) is 5.92 Å². The summed E-state index contributed by atoms with van der Waals surface area (Å²) in [5.41, 5.74) is 6.44. The van der Waals surface area contributed by atoms with Crippen LogP contribution in [0.3, 0.4) is 0 Å². The first-order chi connectivity index (χ1) is 11.2. The lowest BCUT2D eigenvalue weighted by molar-refractivity contribution is -0.125. The number of amides is 2. The minimum absolute atomic E-state index is 0.